The van der Waals surface area contributed by atoms with E-state index in [9.17, 15) is 13.6 Å². The number of piperidine rings is 1. The molecule has 0 bridgehead atoms. The van der Waals surface area contributed by atoms with E-state index in [2.05, 4.69) is 15.9 Å². The molecule has 1 fully saturated rings. The number of rotatable bonds is 5. The summed E-state index contributed by atoms with van der Waals surface area (Å²) in [5.41, 5.74) is 0.607. The zero-order valence-corrected chi connectivity index (χ0v) is 16.0. The van der Waals surface area contributed by atoms with Crippen molar-refractivity contribution >= 4 is 21.8 Å². The molecule has 0 saturated carbocycles. The Kier molecular flexibility index (Phi) is 6.37. The molecule has 6 heteroatoms. The summed E-state index contributed by atoms with van der Waals surface area (Å²) in [7, 11) is 1.76. The fourth-order valence-electron chi connectivity index (χ4n) is 3.19. The molecule has 2 rings (SSSR count). The fraction of sp³-hybridized carbons (Fsp3) is 0.611. The normalized spacial score (nSPS) is 19.3. The van der Waals surface area contributed by atoms with Crippen molar-refractivity contribution in [1.82, 2.24) is 9.80 Å². The molecule has 0 N–H and O–H groups in total. The zero-order chi connectivity index (χ0) is 17.9. The summed E-state index contributed by atoms with van der Waals surface area (Å²) in [5, 5.41) is 0. The molecule has 0 unspecified atom stereocenters. The summed E-state index contributed by atoms with van der Waals surface area (Å²) < 4.78 is 28.2. The standard InChI is InChI=1S/C18H25BrF2N2O/c1-13(2)16(11-23-10-4-9-18(20,21)12-23)22(3)17(24)14-5-7-15(19)8-6-14/h5-8,13,16H,4,9-12H2,1-3H3/t16-/m1/s1. The van der Waals surface area contributed by atoms with Gasteiger partial charge in [-0.3, -0.25) is 9.69 Å². The van der Waals surface area contributed by atoms with Crippen LogP contribution in [0.3, 0.4) is 0 Å². The number of halogens is 3. The Labute approximate surface area is 151 Å². The van der Waals surface area contributed by atoms with Crippen molar-refractivity contribution in [3.05, 3.63) is 34.3 Å². The maximum atomic E-state index is 13.6. The summed E-state index contributed by atoms with van der Waals surface area (Å²) in [6, 6.07) is 7.10. The van der Waals surface area contributed by atoms with Crippen LogP contribution in [0.2, 0.25) is 0 Å². The van der Waals surface area contributed by atoms with Crippen LogP contribution in [0.5, 0.6) is 0 Å². The van der Waals surface area contributed by atoms with E-state index in [1.54, 1.807) is 29.0 Å². The fourth-order valence-corrected chi connectivity index (χ4v) is 3.46. The van der Waals surface area contributed by atoms with Crippen molar-refractivity contribution < 1.29 is 13.6 Å². The Morgan fingerprint density at radius 2 is 1.96 bits per heavy atom. The Morgan fingerprint density at radius 3 is 2.50 bits per heavy atom. The number of benzene rings is 1. The Balaban J connectivity index is 2.08. The van der Waals surface area contributed by atoms with Gasteiger partial charge in [-0.1, -0.05) is 29.8 Å². The topological polar surface area (TPSA) is 23.6 Å². The third kappa shape index (κ3) is 4.99. The van der Waals surface area contributed by atoms with Gasteiger partial charge >= 0.3 is 0 Å². The van der Waals surface area contributed by atoms with Gasteiger partial charge in [-0.25, -0.2) is 8.78 Å². The minimum absolute atomic E-state index is 0.0382. The van der Waals surface area contributed by atoms with Gasteiger partial charge in [0.15, 0.2) is 0 Å². The Hall–Kier alpha value is -1.01. The molecule has 1 amide bonds. The molecule has 0 spiro atoms. The highest BCUT2D eigenvalue weighted by Crippen LogP contribution is 2.27. The number of amides is 1. The Morgan fingerprint density at radius 1 is 1.33 bits per heavy atom. The minimum atomic E-state index is -2.62. The van der Waals surface area contributed by atoms with Gasteiger partial charge in [0.25, 0.3) is 11.8 Å². The number of carbonyl (C=O) groups is 1. The molecule has 24 heavy (non-hydrogen) atoms. The number of alkyl halides is 2. The second-order valence-electron chi connectivity index (χ2n) is 6.93. The van der Waals surface area contributed by atoms with Crippen molar-refractivity contribution in [1.29, 1.82) is 0 Å². The van der Waals surface area contributed by atoms with Crippen molar-refractivity contribution in [3.8, 4) is 0 Å². The van der Waals surface area contributed by atoms with Crippen molar-refractivity contribution in [3.63, 3.8) is 0 Å². The summed E-state index contributed by atoms with van der Waals surface area (Å²) in [4.78, 5) is 16.2. The third-order valence-electron chi connectivity index (χ3n) is 4.60. The van der Waals surface area contributed by atoms with Crippen LogP contribution in [0.15, 0.2) is 28.7 Å². The number of hydrogen-bond donors (Lipinski definition) is 0. The average molecular weight is 403 g/mol. The van der Waals surface area contributed by atoms with Crippen molar-refractivity contribution in [2.45, 2.75) is 38.7 Å². The molecule has 1 aliphatic heterocycles. The quantitative estimate of drug-likeness (QED) is 0.733. The van der Waals surface area contributed by atoms with E-state index in [-0.39, 0.29) is 30.8 Å². The zero-order valence-electron chi connectivity index (χ0n) is 14.4. The van der Waals surface area contributed by atoms with Gasteiger partial charge in [-0.05, 0) is 43.1 Å². The van der Waals surface area contributed by atoms with Crippen molar-refractivity contribution in [2.24, 2.45) is 5.92 Å². The predicted molar refractivity (Wildman–Crippen MR) is 95.5 cm³/mol. The van der Waals surface area contributed by atoms with Crippen LogP contribution in [-0.2, 0) is 0 Å². The molecule has 1 atom stereocenters. The van der Waals surface area contributed by atoms with E-state index in [1.165, 1.54) is 0 Å². The van der Waals surface area contributed by atoms with Gasteiger partial charge in [0.2, 0.25) is 0 Å². The van der Waals surface area contributed by atoms with E-state index in [1.807, 2.05) is 26.0 Å². The van der Waals surface area contributed by atoms with Gasteiger partial charge in [0.05, 0.1) is 6.54 Å². The van der Waals surface area contributed by atoms with E-state index >= 15 is 0 Å². The van der Waals surface area contributed by atoms with Crippen LogP contribution < -0.4 is 0 Å². The molecule has 134 valence electrons. The molecular weight excluding hydrogens is 378 g/mol. The summed E-state index contributed by atoms with van der Waals surface area (Å²) >= 11 is 3.36. The molecule has 1 aliphatic rings. The van der Waals surface area contributed by atoms with Crippen LogP contribution in [0.4, 0.5) is 8.78 Å². The Bertz CT molecular complexity index is 563. The van der Waals surface area contributed by atoms with Gasteiger partial charge < -0.3 is 4.90 Å². The first kappa shape index (κ1) is 19.3. The highest BCUT2D eigenvalue weighted by molar-refractivity contribution is 9.10. The summed E-state index contributed by atoms with van der Waals surface area (Å²) in [6.45, 7) is 4.98. The van der Waals surface area contributed by atoms with E-state index < -0.39 is 5.92 Å². The van der Waals surface area contributed by atoms with Gasteiger partial charge in [-0.15, -0.1) is 0 Å². The third-order valence-corrected chi connectivity index (χ3v) is 5.12. The summed E-state index contributed by atoms with van der Waals surface area (Å²) in [5.74, 6) is -2.51. The number of carbonyl (C=O) groups excluding carboxylic acids is 1. The van der Waals surface area contributed by atoms with Crippen LogP contribution in [0.25, 0.3) is 0 Å². The number of likely N-dealkylation sites (N-methyl/N-ethyl adjacent to an activating group) is 1. The van der Waals surface area contributed by atoms with Crippen LogP contribution in [0.1, 0.15) is 37.0 Å². The lowest BCUT2D eigenvalue weighted by Gasteiger charge is -2.39. The van der Waals surface area contributed by atoms with Gasteiger partial charge in [-0.2, -0.15) is 0 Å². The molecule has 0 aliphatic carbocycles. The van der Waals surface area contributed by atoms with Crippen LogP contribution in [-0.4, -0.2) is 54.4 Å². The van der Waals surface area contributed by atoms with Gasteiger partial charge in [0.1, 0.15) is 0 Å². The number of nitrogens with zero attached hydrogens (tertiary/aromatic N) is 2. The number of hydrogen-bond acceptors (Lipinski definition) is 2. The first-order chi connectivity index (χ1) is 11.2. The second-order valence-corrected chi connectivity index (χ2v) is 7.84. The molecule has 1 aromatic carbocycles. The molecule has 3 nitrogen and oxygen atoms in total. The van der Waals surface area contributed by atoms with Crippen LogP contribution in [0, 0.1) is 5.92 Å². The molecule has 0 aromatic heterocycles. The lowest BCUT2D eigenvalue weighted by molar-refractivity contribution is -0.0690. The molecule has 1 heterocycles. The van der Waals surface area contributed by atoms with Crippen LogP contribution >= 0.6 is 15.9 Å². The first-order valence-corrected chi connectivity index (χ1v) is 9.12. The smallest absolute Gasteiger partial charge is 0.260 e. The van der Waals surface area contributed by atoms with Gasteiger partial charge in [0, 0.05) is 36.1 Å². The maximum absolute atomic E-state index is 13.6. The molecule has 0 radical (unpaired) electrons. The average Bonchev–Trinajstić information content (AvgIpc) is 2.51. The lowest BCUT2D eigenvalue weighted by Crippen LogP contribution is -2.52. The first-order valence-electron chi connectivity index (χ1n) is 8.32. The van der Waals surface area contributed by atoms with E-state index in [0.717, 1.165) is 4.47 Å². The minimum Gasteiger partial charge on any atom is -0.337 e. The molecule has 1 saturated heterocycles. The van der Waals surface area contributed by atoms with E-state index in [0.29, 0.717) is 25.1 Å². The maximum Gasteiger partial charge on any atom is 0.260 e. The lowest BCUT2D eigenvalue weighted by atomic mass is 9.99. The number of likely N-dealkylation sites (tertiary alicyclic amines) is 1. The second kappa shape index (κ2) is 7.91. The summed E-state index contributed by atoms with van der Waals surface area (Å²) in [6.07, 6.45) is 0.464. The van der Waals surface area contributed by atoms with E-state index in [4.69, 9.17) is 0 Å². The monoisotopic (exact) mass is 402 g/mol. The molecule has 1 aromatic rings. The SMILES string of the molecule is CC(C)[C@@H](CN1CCCC(F)(F)C1)N(C)C(=O)c1ccc(Br)cc1. The largest absolute Gasteiger partial charge is 0.337 e. The predicted octanol–water partition coefficient (Wildman–Crippen LogP) is 4.28. The highest BCUT2D eigenvalue weighted by atomic mass is 79.9. The highest BCUT2D eigenvalue weighted by Gasteiger charge is 2.37. The van der Waals surface area contributed by atoms with Crippen molar-refractivity contribution in [2.75, 3.05) is 26.7 Å². The molecular formula is C18H25BrF2N2O.